The lowest BCUT2D eigenvalue weighted by atomic mass is 10.3. The Balaban J connectivity index is 0. The Morgan fingerprint density at radius 1 is 1.50 bits per heavy atom. The van der Waals surface area contributed by atoms with Crippen molar-refractivity contribution in [3.05, 3.63) is 11.8 Å². The highest BCUT2D eigenvalue weighted by Crippen LogP contribution is 1.91. The highest BCUT2D eigenvalue weighted by Gasteiger charge is 1.73. The molecule has 0 amide bonds. The van der Waals surface area contributed by atoms with Crippen molar-refractivity contribution in [3.63, 3.8) is 0 Å². The predicted octanol–water partition coefficient (Wildman–Crippen LogP) is 2.29. The molecule has 0 heterocycles. The summed E-state index contributed by atoms with van der Waals surface area (Å²) in [6.07, 6.45) is 2.70. The third-order valence-corrected chi connectivity index (χ3v) is 0.842. The van der Waals surface area contributed by atoms with E-state index >= 15 is 0 Å². The predicted molar refractivity (Wildman–Crippen MR) is 39.6 cm³/mol. The van der Waals surface area contributed by atoms with E-state index in [2.05, 4.69) is 6.92 Å². The average molecular weight is 115 g/mol. The molecule has 0 unspecified atom stereocenters. The first-order chi connectivity index (χ1) is 3.81. The van der Waals surface area contributed by atoms with Gasteiger partial charge in [0.1, 0.15) is 0 Å². The van der Waals surface area contributed by atoms with Crippen LogP contribution in [-0.4, -0.2) is 0 Å². The van der Waals surface area contributed by atoms with Crippen LogP contribution in [0.3, 0.4) is 0 Å². The zero-order valence-corrected chi connectivity index (χ0v) is 6.36. The molecule has 0 aromatic heterocycles. The second-order valence-electron chi connectivity index (χ2n) is 1.37. The van der Waals surface area contributed by atoms with Crippen LogP contribution < -0.4 is 5.73 Å². The summed E-state index contributed by atoms with van der Waals surface area (Å²) in [5.41, 5.74) is 6.37. The summed E-state index contributed by atoms with van der Waals surface area (Å²) < 4.78 is 0. The van der Waals surface area contributed by atoms with Gasteiger partial charge in [-0.25, -0.2) is 0 Å². The monoisotopic (exact) mass is 115 g/mol. The number of rotatable bonds is 1. The fourth-order valence-corrected chi connectivity index (χ4v) is 0.118. The topological polar surface area (TPSA) is 26.0 Å². The largest absolute Gasteiger partial charge is 0.405 e. The molecule has 0 fully saturated rings. The first-order valence-electron chi connectivity index (χ1n) is 3.18. The zero-order valence-electron chi connectivity index (χ0n) is 6.36. The van der Waals surface area contributed by atoms with E-state index in [0.717, 1.165) is 6.42 Å². The van der Waals surface area contributed by atoms with Crippen molar-refractivity contribution in [2.75, 3.05) is 0 Å². The van der Waals surface area contributed by atoms with E-state index in [1.54, 1.807) is 6.20 Å². The van der Waals surface area contributed by atoms with Gasteiger partial charge in [0, 0.05) is 0 Å². The minimum Gasteiger partial charge on any atom is -0.405 e. The van der Waals surface area contributed by atoms with Crippen molar-refractivity contribution in [1.82, 2.24) is 0 Å². The molecule has 0 aliphatic rings. The lowest BCUT2D eigenvalue weighted by molar-refractivity contribution is 1.09. The molecule has 50 valence electrons. The Morgan fingerprint density at radius 2 is 1.88 bits per heavy atom. The molecular formula is C7H17N. The Kier molecular flexibility index (Phi) is 12.8. The SMILES string of the molecule is CC.CC/C(C)=C\N. The molecule has 1 nitrogen and oxygen atoms in total. The van der Waals surface area contributed by atoms with Crippen molar-refractivity contribution in [1.29, 1.82) is 0 Å². The lowest BCUT2D eigenvalue weighted by Gasteiger charge is -1.85. The van der Waals surface area contributed by atoms with Crippen LogP contribution in [0.25, 0.3) is 0 Å². The standard InChI is InChI=1S/C5H11N.C2H6/c1-3-5(2)4-6;1-2/h4H,3,6H2,1-2H3;1-2H3/b5-4-;. The summed E-state index contributed by atoms with van der Waals surface area (Å²) in [5.74, 6) is 0. The zero-order chi connectivity index (χ0) is 6.99. The van der Waals surface area contributed by atoms with Crippen molar-refractivity contribution in [3.8, 4) is 0 Å². The van der Waals surface area contributed by atoms with Crippen LogP contribution in [-0.2, 0) is 0 Å². The molecular weight excluding hydrogens is 98.1 g/mol. The molecule has 0 saturated carbocycles. The summed E-state index contributed by atoms with van der Waals surface area (Å²) in [7, 11) is 0. The van der Waals surface area contributed by atoms with Gasteiger partial charge in [-0.3, -0.25) is 0 Å². The normalized spacial score (nSPS) is 9.75. The molecule has 0 bridgehead atoms. The van der Waals surface area contributed by atoms with Gasteiger partial charge >= 0.3 is 0 Å². The van der Waals surface area contributed by atoms with Crippen LogP contribution in [0.4, 0.5) is 0 Å². The minimum absolute atomic E-state index is 1.07. The first-order valence-corrected chi connectivity index (χ1v) is 3.18. The Labute approximate surface area is 52.6 Å². The van der Waals surface area contributed by atoms with Crippen LogP contribution >= 0.6 is 0 Å². The summed E-state index contributed by atoms with van der Waals surface area (Å²) in [5, 5.41) is 0. The van der Waals surface area contributed by atoms with Gasteiger partial charge in [-0.05, 0) is 19.5 Å². The Hall–Kier alpha value is -0.460. The first kappa shape index (κ1) is 10.5. The van der Waals surface area contributed by atoms with E-state index in [0.29, 0.717) is 0 Å². The van der Waals surface area contributed by atoms with Gasteiger partial charge in [-0.2, -0.15) is 0 Å². The number of hydrogen-bond acceptors (Lipinski definition) is 1. The number of allylic oxidation sites excluding steroid dienone is 1. The maximum absolute atomic E-state index is 5.12. The van der Waals surface area contributed by atoms with Gasteiger partial charge in [0.05, 0.1) is 0 Å². The highest BCUT2D eigenvalue weighted by atomic mass is 14.5. The summed E-state index contributed by atoms with van der Waals surface area (Å²) in [6.45, 7) is 8.10. The molecule has 0 aromatic rings. The quantitative estimate of drug-likeness (QED) is 0.557. The fraction of sp³-hybridized carbons (Fsp3) is 0.714. The van der Waals surface area contributed by atoms with Gasteiger partial charge in [-0.15, -0.1) is 0 Å². The number of nitrogens with two attached hydrogens (primary N) is 1. The average Bonchev–Trinajstić information content (AvgIpc) is 1.91. The summed E-state index contributed by atoms with van der Waals surface area (Å²) in [4.78, 5) is 0. The summed E-state index contributed by atoms with van der Waals surface area (Å²) in [6, 6.07) is 0. The van der Waals surface area contributed by atoms with Crippen LogP contribution in [0, 0.1) is 0 Å². The van der Waals surface area contributed by atoms with E-state index < -0.39 is 0 Å². The molecule has 2 N–H and O–H groups in total. The second-order valence-corrected chi connectivity index (χ2v) is 1.37. The lowest BCUT2D eigenvalue weighted by Crippen LogP contribution is -1.80. The van der Waals surface area contributed by atoms with Crippen LogP contribution in [0.2, 0.25) is 0 Å². The molecule has 1 heteroatoms. The van der Waals surface area contributed by atoms with E-state index in [1.165, 1.54) is 5.57 Å². The van der Waals surface area contributed by atoms with Gasteiger partial charge in [0.25, 0.3) is 0 Å². The molecule has 0 rings (SSSR count). The van der Waals surface area contributed by atoms with Crippen molar-refractivity contribution in [2.24, 2.45) is 5.73 Å². The van der Waals surface area contributed by atoms with Crippen LogP contribution in [0.5, 0.6) is 0 Å². The molecule has 0 aromatic carbocycles. The third-order valence-electron chi connectivity index (χ3n) is 0.842. The van der Waals surface area contributed by atoms with E-state index in [-0.39, 0.29) is 0 Å². The third kappa shape index (κ3) is 9.11. The maximum Gasteiger partial charge on any atom is -0.00734 e. The van der Waals surface area contributed by atoms with Crippen molar-refractivity contribution in [2.45, 2.75) is 34.1 Å². The van der Waals surface area contributed by atoms with Crippen molar-refractivity contribution >= 4 is 0 Å². The smallest absolute Gasteiger partial charge is 0.00734 e. The Morgan fingerprint density at radius 3 is 1.88 bits per heavy atom. The molecule has 0 aliphatic heterocycles. The fourth-order valence-electron chi connectivity index (χ4n) is 0.118. The molecule has 0 spiro atoms. The van der Waals surface area contributed by atoms with E-state index in [1.807, 2.05) is 20.8 Å². The highest BCUT2D eigenvalue weighted by molar-refractivity contribution is 4.92. The molecule has 0 atom stereocenters. The van der Waals surface area contributed by atoms with Crippen LogP contribution in [0.15, 0.2) is 11.8 Å². The number of hydrogen-bond donors (Lipinski definition) is 1. The minimum atomic E-state index is 1.07. The second kappa shape index (κ2) is 9.74. The van der Waals surface area contributed by atoms with Crippen LogP contribution in [0.1, 0.15) is 34.1 Å². The van der Waals surface area contributed by atoms with E-state index in [4.69, 9.17) is 5.73 Å². The van der Waals surface area contributed by atoms with Gasteiger partial charge in [0.2, 0.25) is 0 Å². The molecule has 0 saturated heterocycles. The van der Waals surface area contributed by atoms with E-state index in [9.17, 15) is 0 Å². The molecule has 0 aliphatic carbocycles. The molecule has 8 heavy (non-hydrogen) atoms. The maximum atomic E-state index is 5.12. The van der Waals surface area contributed by atoms with Gasteiger partial charge in [0.15, 0.2) is 0 Å². The van der Waals surface area contributed by atoms with Gasteiger partial charge in [-0.1, -0.05) is 26.3 Å². The summed E-state index contributed by atoms with van der Waals surface area (Å²) >= 11 is 0. The van der Waals surface area contributed by atoms with Gasteiger partial charge < -0.3 is 5.73 Å². The van der Waals surface area contributed by atoms with Crippen molar-refractivity contribution < 1.29 is 0 Å². The molecule has 0 radical (unpaired) electrons. The Bertz CT molecular complexity index is 55.4.